The number of halogens is 2. The smallest absolute Gasteiger partial charge is 0.241 e. The van der Waals surface area contributed by atoms with Gasteiger partial charge in [-0.1, -0.05) is 27.5 Å². The van der Waals surface area contributed by atoms with Crippen LogP contribution in [0.2, 0.25) is 5.02 Å². The average molecular weight is 387 g/mol. The molecule has 0 atom stereocenters. The third-order valence-electron chi connectivity index (χ3n) is 2.78. The van der Waals surface area contributed by atoms with Crippen LogP contribution in [0.15, 0.2) is 21.5 Å². The minimum atomic E-state index is -3.92. The summed E-state index contributed by atoms with van der Waals surface area (Å²) >= 11 is 9.19. The number of primary sulfonamides is 1. The molecule has 0 amide bonds. The van der Waals surface area contributed by atoms with E-state index in [1.807, 2.05) is 13.8 Å². The highest BCUT2D eigenvalue weighted by atomic mass is 79.9. The van der Waals surface area contributed by atoms with Crippen LogP contribution in [0.1, 0.15) is 20.3 Å². The second-order valence-corrected chi connectivity index (χ2v) is 7.67. The van der Waals surface area contributed by atoms with E-state index in [1.165, 1.54) is 6.07 Å². The van der Waals surface area contributed by atoms with Crippen molar-refractivity contribution in [3.63, 3.8) is 0 Å². The van der Waals surface area contributed by atoms with Crippen LogP contribution in [-0.2, 0) is 14.8 Å². The van der Waals surface area contributed by atoms with Gasteiger partial charge in [-0.05, 0) is 26.0 Å². The molecule has 0 aromatic heterocycles. The minimum absolute atomic E-state index is 0.0595. The standard InChI is InChI=1S/C12H17BrClNO4S/c1-12(2,18-3)4-5-19-11-9(14)6-8(13)7-10(11)20(15,16)17/h6-7H,4-5H2,1-3H3,(H2,15,16,17). The van der Waals surface area contributed by atoms with Gasteiger partial charge in [-0.15, -0.1) is 0 Å². The summed E-state index contributed by atoms with van der Waals surface area (Å²) in [6.07, 6.45) is 0.569. The highest BCUT2D eigenvalue weighted by molar-refractivity contribution is 9.10. The van der Waals surface area contributed by atoms with E-state index in [2.05, 4.69) is 15.9 Å². The van der Waals surface area contributed by atoms with Gasteiger partial charge in [0.15, 0.2) is 5.75 Å². The quantitative estimate of drug-likeness (QED) is 0.815. The third kappa shape index (κ3) is 4.89. The van der Waals surface area contributed by atoms with E-state index in [-0.39, 0.29) is 27.9 Å². The highest BCUT2D eigenvalue weighted by Crippen LogP contribution is 2.35. The number of ether oxygens (including phenoxy) is 2. The summed E-state index contributed by atoms with van der Waals surface area (Å²) in [5.74, 6) is 0.0595. The molecule has 0 bridgehead atoms. The Labute approximate surface area is 132 Å². The Balaban J connectivity index is 3.01. The fourth-order valence-electron chi connectivity index (χ4n) is 1.39. The molecule has 0 fully saturated rings. The van der Waals surface area contributed by atoms with Gasteiger partial charge in [0.05, 0.1) is 17.2 Å². The molecule has 0 saturated heterocycles. The van der Waals surface area contributed by atoms with Gasteiger partial charge >= 0.3 is 0 Å². The Kier molecular flexibility index (Phi) is 5.86. The first kappa shape index (κ1) is 17.7. The number of sulfonamides is 1. The number of benzene rings is 1. The Morgan fingerprint density at radius 2 is 2.00 bits per heavy atom. The molecule has 114 valence electrons. The zero-order valence-electron chi connectivity index (χ0n) is 11.4. The Morgan fingerprint density at radius 3 is 2.50 bits per heavy atom. The fourth-order valence-corrected chi connectivity index (χ4v) is 3.18. The van der Waals surface area contributed by atoms with Gasteiger partial charge in [0.1, 0.15) is 4.90 Å². The van der Waals surface area contributed by atoms with Crippen molar-refractivity contribution < 1.29 is 17.9 Å². The first-order chi connectivity index (χ1) is 9.07. The van der Waals surface area contributed by atoms with Crippen molar-refractivity contribution in [1.82, 2.24) is 0 Å². The molecule has 2 N–H and O–H groups in total. The van der Waals surface area contributed by atoms with Gasteiger partial charge in [-0.2, -0.15) is 0 Å². The minimum Gasteiger partial charge on any atom is -0.490 e. The predicted octanol–water partition coefficient (Wildman–Crippen LogP) is 2.94. The van der Waals surface area contributed by atoms with Gasteiger partial charge in [-0.3, -0.25) is 0 Å². The highest BCUT2D eigenvalue weighted by Gasteiger charge is 2.21. The molecule has 0 saturated carbocycles. The summed E-state index contributed by atoms with van der Waals surface area (Å²) in [4.78, 5) is -0.146. The van der Waals surface area contributed by atoms with Crippen molar-refractivity contribution in [3.8, 4) is 5.75 Å². The molecule has 8 heteroatoms. The lowest BCUT2D eigenvalue weighted by molar-refractivity contribution is 0.00523. The van der Waals surface area contributed by atoms with Crippen molar-refractivity contribution in [2.45, 2.75) is 30.8 Å². The maximum atomic E-state index is 11.6. The van der Waals surface area contributed by atoms with Crippen molar-refractivity contribution in [3.05, 3.63) is 21.6 Å². The molecule has 1 aromatic rings. The Bertz CT molecular complexity index is 589. The molecule has 5 nitrogen and oxygen atoms in total. The first-order valence-electron chi connectivity index (χ1n) is 5.76. The first-order valence-corrected chi connectivity index (χ1v) is 8.48. The van der Waals surface area contributed by atoms with Crippen LogP contribution in [0.5, 0.6) is 5.75 Å². The molecule has 0 heterocycles. The zero-order chi connectivity index (χ0) is 15.6. The van der Waals surface area contributed by atoms with Gasteiger partial charge < -0.3 is 9.47 Å². The normalized spacial score (nSPS) is 12.5. The molecule has 0 unspecified atom stereocenters. The maximum Gasteiger partial charge on any atom is 0.241 e. The van der Waals surface area contributed by atoms with Crippen LogP contribution in [0.4, 0.5) is 0 Å². The van der Waals surface area contributed by atoms with Crippen molar-refractivity contribution >= 4 is 37.6 Å². The number of methoxy groups -OCH3 is 1. The summed E-state index contributed by atoms with van der Waals surface area (Å²) in [5.41, 5.74) is -0.371. The van der Waals surface area contributed by atoms with Gasteiger partial charge in [-0.25, -0.2) is 13.6 Å². The molecule has 0 aliphatic rings. The summed E-state index contributed by atoms with van der Waals surface area (Å²) in [6, 6.07) is 2.91. The van der Waals surface area contributed by atoms with Crippen molar-refractivity contribution in [2.75, 3.05) is 13.7 Å². The van der Waals surface area contributed by atoms with E-state index >= 15 is 0 Å². The van der Waals surface area contributed by atoms with Crippen LogP contribution in [0.25, 0.3) is 0 Å². The van der Waals surface area contributed by atoms with E-state index in [4.69, 9.17) is 26.2 Å². The lowest BCUT2D eigenvalue weighted by atomic mass is 10.1. The number of rotatable bonds is 6. The van der Waals surface area contributed by atoms with Crippen LogP contribution < -0.4 is 9.88 Å². The molecule has 1 rings (SSSR count). The molecule has 0 radical (unpaired) electrons. The van der Waals surface area contributed by atoms with Crippen molar-refractivity contribution in [1.29, 1.82) is 0 Å². The summed E-state index contributed by atoms with van der Waals surface area (Å²) in [5, 5.41) is 5.35. The summed E-state index contributed by atoms with van der Waals surface area (Å²) in [7, 11) is -2.32. The van der Waals surface area contributed by atoms with E-state index in [0.717, 1.165) is 0 Å². The second-order valence-electron chi connectivity index (χ2n) is 4.82. The predicted molar refractivity (Wildman–Crippen MR) is 81.7 cm³/mol. The topological polar surface area (TPSA) is 78.6 Å². The second kappa shape index (κ2) is 6.62. The van der Waals surface area contributed by atoms with Gasteiger partial charge in [0.25, 0.3) is 0 Å². The molecule has 20 heavy (non-hydrogen) atoms. The molecule has 1 aromatic carbocycles. The van der Waals surface area contributed by atoms with Gasteiger partial charge in [0.2, 0.25) is 10.0 Å². The molecule has 0 spiro atoms. The van der Waals surface area contributed by atoms with Crippen LogP contribution in [0.3, 0.4) is 0 Å². The van der Waals surface area contributed by atoms with E-state index in [0.29, 0.717) is 10.9 Å². The summed E-state index contributed by atoms with van der Waals surface area (Å²) in [6.45, 7) is 4.06. The molecule has 0 aliphatic carbocycles. The number of hydrogen-bond donors (Lipinski definition) is 1. The zero-order valence-corrected chi connectivity index (χ0v) is 14.6. The van der Waals surface area contributed by atoms with Crippen LogP contribution in [0, 0.1) is 0 Å². The number of nitrogens with two attached hydrogens (primary N) is 1. The van der Waals surface area contributed by atoms with Crippen molar-refractivity contribution in [2.24, 2.45) is 5.14 Å². The van der Waals surface area contributed by atoms with E-state index in [9.17, 15) is 8.42 Å². The Morgan fingerprint density at radius 1 is 1.40 bits per heavy atom. The third-order valence-corrected chi connectivity index (χ3v) is 4.44. The monoisotopic (exact) mass is 385 g/mol. The molecular formula is C12H17BrClNO4S. The SMILES string of the molecule is COC(C)(C)CCOc1c(Cl)cc(Br)cc1S(N)(=O)=O. The average Bonchev–Trinajstić information content (AvgIpc) is 2.30. The van der Waals surface area contributed by atoms with Crippen LogP contribution >= 0.6 is 27.5 Å². The number of hydrogen-bond acceptors (Lipinski definition) is 4. The van der Waals surface area contributed by atoms with E-state index < -0.39 is 10.0 Å². The molecule has 0 aliphatic heterocycles. The van der Waals surface area contributed by atoms with Crippen LogP contribution in [-0.4, -0.2) is 27.7 Å². The lowest BCUT2D eigenvalue weighted by Gasteiger charge is -2.23. The fraction of sp³-hybridized carbons (Fsp3) is 0.500. The largest absolute Gasteiger partial charge is 0.490 e. The summed E-state index contributed by atoms with van der Waals surface area (Å²) < 4.78 is 34.4. The maximum absolute atomic E-state index is 11.6. The Hall–Kier alpha value is -0.340. The lowest BCUT2D eigenvalue weighted by Crippen LogP contribution is -2.25. The molecular weight excluding hydrogens is 370 g/mol. The van der Waals surface area contributed by atoms with E-state index in [1.54, 1.807) is 13.2 Å². The van der Waals surface area contributed by atoms with Gasteiger partial charge in [0, 0.05) is 18.0 Å².